The van der Waals surface area contributed by atoms with Gasteiger partial charge < -0.3 is 15.3 Å². The van der Waals surface area contributed by atoms with Crippen LogP contribution in [0.25, 0.3) is 0 Å². The second-order valence-corrected chi connectivity index (χ2v) is 7.86. The van der Waals surface area contributed by atoms with Crippen LogP contribution in [0, 0.1) is 27.7 Å². The lowest BCUT2D eigenvalue weighted by Crippen LogP contribution is -1.98. The number of aromatic hydroxyl groups is 2. The molecule has 3 N–H and O–H groups in total. The molecule has 0 aliphatic heterocycles. The molecule has 146 valence electrons. The number of aryl methyl sites for hydroxylation is 4. The maximum Gasteiger partial charge on any atom is 0.122 e. The van der Waals surface area contributed by atoms with Crippen molar-refractivity contribution in [1.29, 1.82) is 0 Å². The summed E-state index contributed by atoms with van der Waals surface area (Å²) in [5, 5.41) is 30.8. The van der Waals surface area contributed by atoms with E-state index in [2.05, 4.69) is 6.07 Å². The first-order valence-electron chi connectivity index (χ1n) is 9.57. The quantitative estimate of drug-likeness (QED) is 0.587. The van der Waals surface area contributed by atoms with Gasteiger partial charge in [-0.3, -0.25) is 0 Å². The summed E-state index contributed by atoms with van der Waals surface area (Å²) in [6.45, 7) is 7.93. The normalized spacial score (nSPS) is 11.0. The fraction of sp³-hybridized carbons (Fsp3) is 0.280. The summed E-state index contributed by atoms with van der Waals surface area (Å²) in [4.78, 5) is 0. The van der Waals surface area contributed by atoms with Crippen LogP contribution < -0.4 is 0 Å². The fourth-order valence-electron chi connectivity index (χ4n) is 3.95. The Hall–Kier alpha value is -2.78. The van der Waals surface area contributed by atoms with Crippen LogP contribution in [0.2, 0.25) is 0 Å². The Bertz CT molecular complexity index is 1020. The lowest BCUT2D eigenvalue weighted by Gasteiger charge is -2.15. The van der Waals surface area contributed by atoms with Gasteiger partial charge in [0.25, 0.3) is 0 Å². The molecule has 28 heavy (non-hydrogen) atoms. The van der Waals surface area contributed by atoms with E-state index in [9.17, 15) is 15.3 Å². The van der Waals surface area contributed by atoms with E-state index in [1.165, 1.54) is 0 Å². The summed E-state index contributed by atoms with van der Waals surface area (Å²) in [6.07, 6.45) is 1.07. The molecule has 0 amide bonds. The van der Waals surface area contributed by atoms with E-state index in [4.69, 9.17) is 0 Å². The Morgan fingerprint density at radius 2 is 1.07 bits per heavy atom. The molecule has 3 aromatic rings. The second kappa shape index (κ2) is 8.07. The smallest absolute Gasteiger partial charge is 0.122 e. The summed E-state index contributed by atoms with van der Waals surface area (Å²) in [7, 11) is 0. The molecule has 3 nitrogen and oxygen atoms in total. The minimum Gasteiger partial charge on any atom is -0.507 e. The Morgan fingerprint density at radius 3 is 1.71 bits per heavy atom. The first-order chi connectivity index (χ1) is 13.3. The molecule has 3 aromatic carbocycles. The van der Waals surface area contributed by atoms with Crippen LogP contribution in [0.4, 0.5) is 0 Å². The molecular weight excluding hydrogens is 348 g/mol. The molecule has 0 aliphatic rings. The molecule has 0 spiro atoms. The first kappa shape index (κ1) is 20.0. The topological polar surface area (TPSA) is 60.7 Å². The summed E-state index contributed by atoms with van der Waals surface area (Å²) < 4.78 is 0. The largest absolute Gasteiger partial charge is 0.507 e. The molecule has 0 saturated heterocycles. The van der Waals surface area contributed by atoms with Crippen molar-refractivity contribution in [2.75, 3.05) is 0 Å². The predicted octanol–water partition coefficient (Wildman–Crippen LogP) is 5.01. The van der Waals surface area contributed by atoms with E-state index in [1.54, 1.807) is 0 Å². The average Bonchev–Trinajstić information content (AvgIpc) is 2.62. The van der Waals surface area contributed by atoms with Crippen molar-refractivity contribution < 1.29 is 15.3 Å². The molecule has 0 unspecified atom stereocenters. The van der Waals surface area contributed by atoms with Crippen LogP contribution >= 0.6 is 0 Å². The van der Waals surface area contributed by atoms with Gasteiger partial charge in [0.1, 0.15) is 11.5 Å². The van der Waals surface area contributed by atoms with Crippen LogP contribution in [0.3, 0.4) is 0 Å². The lowest BCUT2D eigenvalue weighted by molar-refractivity contribution is 0.281. The Kier molecular flexibility index (Phi) is 5.76. The molecule has 0 bridgehead atoms. The highest BCUT2D eigenvalue weighted by Crippen LogP contribution is 2.32. The van der Waals surface area contributed by atoms with Gasteiger partial charge in [0.15, 0.2) is 0 Å². The number of hydrogen-bond acceptors (Lipinski definition) is 3. The van der Waals surface area contributed by atoms with Crippen LogP contribution in [-0.4, -0.2) is 15.3 Å². The van der Waals surface area contributed by atoms with E-state index in [0.717, 1.165) is 50.1 Å². The maximum absolute atomic E-state index is 10.9. The molecule has 0 aromatic heterocycles. The molecule has 0 saturated carbocycles. The molecule has 0 atom stereocenters. The van der Waals surface area contributed by atoms with Crippen LogP contribution in [-0.2, 0) is 19.4 Å². The van der Waals surface area contributed by atoms with Crippen molar-refractivity contribution in [1.82, 2.24) is 0 Å². The van der Waals surface area contributed by atoms with E-state index in [-0.39, 0.29) is 12.4 Å². The highest BCUT2D eigenvalue weighted by atomic mass is 16.3. The van der Waals surface area contributed by atoms with Crippen molar-refractivity contribution in [2.45, 2.75) is 47.1 Å². The third-order valence-electron chi connectivity index (χ3n) is 5.09. The highest BCUT2D eigenvalue weighted by Gasteiger charge is 2.14. The summed E-state index contributed by atoms with van der Waals surface area (Å²) in [6, 6.07) is 13.9. The van der Waals surface area contributed by atoms with Gasteiger partial charge in [-0.15, -0.1) is 0 Å². The number of rotatable bonds is 5. The van der Waals surface area contributed by atoms with Gasteiger partial charge in [-0.1, -0.05) is 59.2 Å². The Labute approximate surface area is 166 Å². The number of aliphatic hydroxyl groups excluding tert-OH is 1. The zero-order valence-electron chi connectivity index (χ0n) is 17.0. The van der Waals surface area contributed by atoms with Gasteiger partial charge in [0.2, 0.25) is 0 Å². The van der Waals surface area contributed by atoms with Crippen LogP contribution in [0.1, 0.15) is 50.1 Å². The average molecular weight is 376 g/mol. The predicted molar refractivity (Wildman–Crippen MR) is 113 cm³/mol. The lowest BCUT2D eigenvalue weighted by atomic mass is 9.93. The molecular formula is C25H28O3. The zero-order chi connectivity index (χ0) is 20.4. The minimum atomic E-state index is 0.00567. The minimum absolute atomic E-state index is 0.00567. The molecule has 0 radical (unpaired) electrons. The second-order valence-electron chi connectivity index (χ2n) is 7.86. The first-order valence-corrected chi connectivity index (χ1v) is 9.57. The van der Waals surface area contributed by atoms with Gasteiger partial charge in [-0.2, -0.15) is 0 Å². The highest BCUT2D eigenvalue weighted by molar-refractivity contribution is 5.51. The third kappa shape index (κ3) is 4.37. The van der Waals surface area contributed by atoms with Crippen molar-refractivity contribution in [3.63, 3.8) is 0 Å². The van der Waals surface area contributed by atoms with E-state index in [1.807, 2.05) is 64.1 Å². The van der Waals surface area contributed by atoms with Gasteiger partial charge in [-0.05, 0) is 61.1 Å². The molecule has 3 heteroatoms. The summed E-state index contributed by atoms with van der Waals surface area (Å²) in [5.74, 6) is 0.565. The number of phenols is 2. The van der Waals surface area contributed by atoms with Crippen molar-refractivity contribution >= 4 is 0 Å². The van der Waals surface area contributed by atoms with Gasteiger partial charge in [0.05, 0.1) is 6.61 Å². The summed E-state index contributed by atoms with van der Waals surface area (Å²) in [5.41, 5.74) is 8.53. The van der Waals surface area contributed by atoms with Gasteiger partial charge >= 0.3 is 0 Å². The van der Waals surface area contributed by atoms with Gasteiger partial charge in [-0.25, -0.2) is 0 Å². The van der Waals surface area contributed by atoms with Crippen molar-refractivity contribution in [3.05, 3.63) is 92.5 Å². The van der Waals surface area contributed by atoms with E-state index in [0.29, 0.717) is 18.6 Å². The number of aliphatic hydroxyl groups is 1. The molecule has 0 aliphatic carbocycles. The van der Waals surface area contributed by atoms with Crippen LogP contribution in [0.15, 0.2) is 42.5 Å². The van der Waals surface area contributed by atoms with Gasteiger partial charge in [0, 0.05) is 12.8 Å². The standard InChI is InChI=1S/C25H28O3/c1-15-5-18(4)24(27)22(8-15)13-23-10-17(3)9-21(25(23)28)12-19-6-16(2)7-20(11-19)14-26/h5-11,26-28H,12-14H2,1-4H3. The maximum atomic E-state index is 10.9. The zero-order valence-corrected chi connectivity index (χ0v) is 17.0. The fourth-order valence-corrected chi connectivity index (χ4v) is 3.95. The van der Waals surface area contributed by atoms with Crippen molar-refractivity contribution in [3.8, 4) is 11.5 Å². The third-order valence-corrected chi connectivity index (χ3v) is 5.09. The SMILES string of the molecule is Cc1cc(CO)cc(Cc2cc(C)cc(Cc3cc(C)cc(C)c3O)c2O)c1. The molecule has 3 rings (SSSR count). The van der Waals surface area contributed by atoms with E-state index >= 15 is 0 Å². The Balaban J connectivity index is 1.98. The Morgan fingerprint density at radius 1 is 0.571 bits per heavy atom. The number of phenolic OH excluding ortho intramolecular Hbond substituents is 2. The molecule has 0 heterocycles. The summed E-state index contributed by atoms with van der Waals surface area (Å²) >= 11 is 0. The molecule has 0 fully saturated rings. The number of hydrogen-bond donors (Lipinski definition) is 3. The van der Waals surface area contributed by atoms with E-state index < -0.39 is 0 Å². The monoisotopic (exact) mass is 376 g/mol. The number of benzene rings is 3. The van der Waals surface area contributed by atoms with Crippen molar-refractivity contribution in [2.24, 2.45) is 0 Å². The van der Waals surface area contributed by atoms with Crippen LogP contribution in [0.5, 0.6) is 11.5 Å².